The van der Waals surface area contributed by atoms with Gasteiger partial charge in [0.2, 0.25) is 0 Å². The molecule has 2 nitrogen and oxygen atoms in total. The maximum Gasteiger partial charge on any atom is 0.0444 e. The molecule has 1 unspecified atom stereocenters. The van der Waals surface area contributed by atoms with E-state index in [0.29, 0.717) is 6.04 Å². The molecule has 3 heteroatoms. The molecule has 1 aromatic rings. The molecule has 16 heavy (non-hydrogen) atoms. The smallest absolute Gasteiger partial charge is 0.0444 e. The van der Waals surface area contributed by atoms with Gasteiger partial charge in [0, 0.05) is 17.5 Å². The van der Waals surface area contributed by atoms with Crippen LogP contribution in [0.15, 0.2) is 29.2 Å². The zero-order valence-electron chi connectivity index (χ0n) is 10.4. The largest absolute Gasteiger partial charge is 0.315 e. The van der Waals surface area contributed by atoms with Crippen LogP contribution in [-0.2, 0) is 0 Å². The lowest BCUT2D eigenvalue weighted by atomic mass is 10.1. The Morgan fingerprint density at radius 1 is 1.19 bits per heavy atom. The van der Waals surface area contributed by atoms with Gasteiger partial charge in [0.1, 0.15) is 0 Å². The maximum atomic E-state index is 3.37. The van der Waals surface area contributed by atoms with Crippen molar-refractivity contribution in [2.45, 2.75) is 24.8 Å². The molecule has 1 rings (SSSR count). The van der Waals surface area contributed by atoms with E-state index in [1.807, 2.05) is 18.8 Å². The van der Waals surface area contributed by atoms with Gasteiger partial charge < -0.3 is 10.6 Å². The van der Waals surface area contributed by atoms with Crippen LogP contribution in [0.5, 0.6) is 0 Å². The lowest BCUT2D eigenvalue weighted by Gasteiger charge is -2.17. The lowest BCUT2D eigenvalue weighted by Crippen LogP contribution is -2.29. The molecular weight excluding hydrogens is 216 g/mol. The monoisotopic (exact) mass is 238 g/mol. The Labute approximate surface area is 103 Å². The predicted molar refractivity (Wildman–Crippen MR) is 73.2 cm³/mol. The molecular formula is C13H22N2S. The molecule has 90 valence electrons. The lowest BCUT2D eigenvalue weighted by molar-refractivity contribution is 0.538. The quantitative estimate of drug-likeness (QED) is 0.714. The van der Waals surface area contributed by atoms with Gasteiger partial charge in [0.05, 0.1) is 0 Å². The van der Waals surface area contributed by atoms with Crippen molar-refractivity contribution in [2.24, 2.45) is 0 Å². The van der Waals surface area contributed by atoms with Crippen molar-refractivity contribution in [1.29, 1.82) is 0 Å². The van der Waals surface area contributed by atoms with Crippen molar-refractivity contribution < 1.29 is 0 Å². The van der Waals surface area contributed by atoms with Gasteiger partial charge in [-0.1, -0.05) is 26.0 Å². The number of thioether (sulfide) groups is 1. The molecule has 0 aliphatic rings. The fourth-order valence-corrected chi connectivity index (χ4v) is 2.30. The number of likely N-dealkylation sites (N-methyl/N-ethyl adjacent to an activating group) is 2. The average molecular weight is 238 g/mol. The van der Waals surface area contributed by atoms with Crippen LogP contribution >= 0.6 is 11.8 Å². The first-order valence-corrected chi connectivity index (χ1v) is 6.91. The summed E-state index contributed by atoms with van der Waals surface area (Å²) < 4.78 is 0. The third kappa shape index (κ3) is 4.16. The van der Waals surface area contributed by atoms with Crippen molar-refractivity contribution in [2.75, 3.05) is 25.9 Å². The highest BCUT2D eigenvalue weighted by molar-refractivity contribution is 7.99. The van der Waals surface area contributed by atoms with Crippen LogP contribution in [0, 0.1) is 0 Å². The second-order valence-corrected chi connectivity index (χ2v) is 4.99. The summed E-state index contributed by atoms with van der Waals surface area (Å²) in [4.78, 5) is 1.35. The van der Waals surface area contributed by atoms with Gasteiger partial charge >= 0.3 is 0 Å². The Kier molecular flexibility index (Phi) is 6.53. The van der Waals surface area contributed by atoms with Crippen molar-refractivity contribution >= 4 is 11.8 Å². The molecule has 0 aromatic heterocycles. The third-order valence-electron chi connectivity index (χ3n) is 2.54. The normalized spacial score (nSPS) is 12.7. The molecule has 0 saturated heterocycles. The van der Waals surface area contributed by atoms with E-state index in [4.69, 9.17) is 0 Å². The number of rotatable bonds is 7. The number of nitrogens with one attached hydrogen (secondary N) is 2. The summed E-state index contributed by atoms with van der Waals surface area (Å²) in [7, 11) is 2.01. The predicted octanol–water partition coefficient (Wildman–Crippen LogP) is 2.67. The van der Waals surface area contributed by atoms with Crippen molar-refractivity contribution in [1.82, 2.24) is 10.6 Å². The molecule has 0 heterocycles. The third-order valence-corrected chi connectivity index (χ3v) is 3.43. The Morgan fingerprint density at radius 2 is 1.88 bits per heavy atom. The van der Waals surface area contributed by atoms with Crippen LogP contribution in [-0.4, -0.2) is 25.9 Å². The SMILES string of the molecule is CCNCC(NC)c1ccc(SCC)cc1. The van der Waals surface area contributed by atoms with E-state index < -0.39 is 0 Å². The minimum atomic E-state index is 0.403. The van der Waals surface area contributed by atoms with E-state index in [0.717, 1.165) is 18.8 Å². The van der Waals surface area contributed by atoms with Gasteiger partial charge in [-0.25, -0.2) is 0 Å². The first kappa shape index (κ1) is 13.6. The summed E-state index contributed by atoms with van der Waals surface area (Å²) in [6.45, 7) is 6.31. The van der Waals surface area contributed by atoms with Crippen molar-refractivity contribution in [3.63, 3.8) is 0 Å². The molecule has 2 N–H and O–H groups in total. The zero-order chi connectivity index (χ0) is 11.8. The molecule has 0 radical (unpaired) electrons. The van der Waals surface area contributed by atoms with Crippen LogP contribution in [0.3, 0.4) is 0 Å². The van der Waals surface area contributed by atoms with E-state index in [1.165, 1.54) is 10.5 Å². The van der Waals surface area contributed by atoms with Gasteiger partial charge in [-0.05, 0) is 37.0 Å². The van der Waals surface area contributed by atoms with E-state index >= 15 is 0 Å². The number of benzene rings is 1. The maximum absolute atomic E-state index is 3.37. The Morgan fingerprint density at radius 3 is 2.38 bits per heavy atom. The highest BCUT2D eigenvalue weighted by Gasteiger charge is 2.07. The summed E-state index contributed by atoms with van der Waals surface area (Å²) in [5, 5.41) is 6.71. The summed E-state index contributed by atoms with van der Waals surface area (Å²) in [6.07, 6.45) is 0. The fourth-order valence-electron chi connectivity index (χ4n) is 1.64. The van der Waals surface area contributed by atoms with Crippen LogP contribution in [0.1, 0.15) is 25.5 Å². The molecule has 0 saturated carbocycles. The van der Waals surface area contributed by atoms with Crippen LogP contribution in [0.4, 0.5) is 0 Å². The highest BCUT2D eigenvalue weighted by Crippen LogP contribution is 2.20. The minimum absolute atomic E-state index is 0.403. The first-order valence-electron chi connectivity index (χ1n) is 5.92. The Hall–Kier alpha value is -0.510. The van der Waals surface area contributed by atoms with Crippen LogP contribution < -0.4 is 10.6 Å². The second kappa shape index (κ2) is 7.71. The summed E-state index contributed by atoms with van der Waals surface area (Å²) >= 11 is 1.89. The van der Waals surface area contributed by atoms with Gasteiger partial charge in [-0.3, -0.25) is 0 Å². The Balaban J connectivity index is 2.62. The van der Waals surface area contributed by atoms with E-state index in [2.05, 4.69) is 48.7 Å². The van der Waals surface area contributed by atoms with Gasteiger partial charge in [0.25, 0.3) is 0 Å². The minimum Gasteiger partial charge on any atom is -0.315 e. The molecule has 0 bridgehead atoms. The van der Waals surface area contributed by atoms with Gasteiger partial charge in [0.15, 0.2) is 0 Å². The molecule has 0 aliphatic carbocycles. The molecule has 0 spiro atoms. The van der Waals surface area contributed by atoms with E-state index in [1.54, 1.807) is 0 Å². The highest BCUT2D eigenvalue weighted by atomic mass is 32.2. The van der Waals surface area contributed by atoms with Crippen molar-refractivity contribution in [3.05, 3.63) is 29.8 Å². The number of hydrogen-bond donors (Lipinski definition) is 2. The standard InChI is InChI=1S/C13H22N2S/c1-4-15-10-13(14-3)11-6-8-12(9-7-11)16-5-2/h6-9,13-15H,4-5,10H2,1-3H3. The summed E-state index contributed by atoms with van der Waals surface area (Å²) in [5.74, 6) is 1.13. The second-order valence-electron chi connectivity index (χ2n) is 3.65. The summed E-state index contributed by atoms with van der Waals surface area (Å²) in [5.41, 5.74) is 1.35. The number of hydrogen-bond acceptors (Lipinski definition) is 3. The zero-order valence-corrected chi connectivity index (χ0v) is 11.2. The van der Waals surface area contributed by atoms with Gasteiger partial charge in [-0.2, -0.15) is 0 Å². The molecule has 0 amide bonds. The fraction of sp³-hybridized carbons (Fsp3) is 0.538. The molecule has 0 fully saturated rings. The van der Waals surface area contributed by atoms with Crippen LogP contribution in [0.2, 0.25) is 0 Å². The van der Waals surface area contributed by atoms with Crippen molar-refractivity contribution in [3.8, 4) is 0 Å². The topological polar surface area (TPSA) is 24.1 Å². The van der Waals surface area contributed by atoms with E-state index in [-0.39, 0.29) is 0 Å². The Bertz CT molecular complexity index is 284. The summed E-state index contributed by atoms with van der Waals surface area (Å²) in [6, 6.07) is 9.26. The van der Waals surface area contributed by atoms with Crippen LogP contribution in [0.25, 0.3) is 0 Å². The van der Waals surface area contributed by atoms with Gasteiger partial charge in [-0.15, -0.1) is 11.8 Å². The average Bonchev–Trinajstić information content (AvgIpc) is 2.32. The molecule has 1 aromatic carbocycles. The molecule has 1 atom stereocenters. The molecule has 0 aliphatic heterocycles. The van der Waals surface area contributed by atoms with E-state index in [9.17, 15) is 0 Å². The first-order chi connectivity index (χ1) is 7.81.